The third-order valence-electron chi connectivity index (χ3n) is 3.67. The summed E-state index contributed by atoms with van der Waals surface area (Å²) in [6, 6.07) is 7.03. The Morgan fingerprint density at radius 1 is 1.30 bits per heavy atom. The molecule has 20 heavy (non-hydrogen) atoms. The summed E-state index contributed by atoms with van der Waals surface area (Å²) in [6.07, 6.45) is 0.863. The first-order valence-corrected chi connectivity index (χ1v) is 7.77. The van der Waals surface area contributed by atoms with E-state index < -0.39 is 5.72 Å². The number of nitrogens with one attached hydrogen (secondary N) is 1. The number of amides is 2. The highest BCUT2D eigenvalue weighted by atomic mass is 32.2. The van der Waals surface area contributed by atoms with Gasteiger partial charge in [0, 0.05) is 23.4 Å². The number of benzene rings is 1. The van der Waals surface area contributed by atoms with Crippen LogP contribution in [0.15, 0.2) is 24.3 Å². The Morgan fingerprint density at radius 3 is 2.95 bits per heavy atom. The van der Waals surface area contributed by atoms with Gasteiger partial charge in [-0.1, -0.05) is 18.2 Å². The smallest absolute Gasteiger partial charge is 0.257 e. The number of aliphatic hydroxyl groups is 1. The SMILES string of the molecule is O=C1CN2C(=O)c3ccccc3C2(O)CSCCCN1. The number of fused-ring (bicyclic) bond motifs is 3. The van der Waals surface area contributed by atoms with Crippen LogP contribution in [-0.2, 0) is 10.5 Å². The number of carbonyl (C=O) groups is 2. The van der Waals surface area contributed by atoms with Gasteiger partial charge in [0.1, 0.15) is 6.54 Å². The zero-order valence-electron chi connectivity index (χ0n) is 11.0. The van der Waals surface area contributed by atoms with Gasteiger partial charge >= 0.3 is 0 Å². The standard InChI is InChI=1S/C14H16N2O3S/c17-12-8-16-13(18)10-4-1-2-5-11(10)14(16,19)9-20-7-3-6-15-12/h1-2,4-5,19H,3,6-9H2,(H,15,17). The molecule has 2 heterocycles. The molecule has 6 heteroatoms. The van der Waals surface area contributed by atoms with Crippen LogP contribution in [0.2, 0.25) is 0 Å². The lowest BCUT2D eigenvalue weighted by Crippen LogP contribution is -2.50. The van der Waals surface area contributed by atoms with E-state index in [1.54, 1.807) is 36.0 Å². The number of nitrogens with zero attached hydrogens (tertiary/aromatic N) is 1. The van der Waals surface area contributed by atoms with Gasteiger partial charge in [0.2, 0.25) is 5.91 Å². The van der Waals surface area contributed by atoms with Crippen LogP contribution in [0.5, 0.6) is 0 Å². The van der Waals surface area contributed by atoms with Crippen LogP contribution in [0.4, 0.5) is 0 Å². The van der Waals surface area contributed by atoms with Crippen molar-refractivity contribution in [3.8, 4) is 0 Å². The Bertz CT molecular complexity index is 563. The summed E-state index contributed by atoms with van der Waals surface area (Å²) in [6.45, 7) is 0.504. The van der Waals surface area contributed by atoms with Crippen molar-refractivity contribution in [2.24, 2.45) is 0 Å². The lowest BCUT2D eigenvalue weighted by Gasteiger charge is -2.34. The van der Waals surface area contributed by atoms with E-state index in [2.05, 4.69) is 5.32 Å². The second-order valence-electron chi connectivity index (χ2n) is 5.01. The Morgan fingerprint density at radius 2 is 2.10 bits per heavy atom. The number of rotatable bonds is 0. The quantitative estimate of drug-likeness (QED) is 0.732. The molecule has 1 aromatic rings. The predicted octanol–water partition coefficient (Wildman–Crippen LogP) is 0.541. The van der Waals surface area contributed by atoms with Gasteiger partial charge in [0.25, 0.3) is 5.91 Å². The van der Waals surface area contributed by atoms with E-state index in [4.69, 9.17) is 0 Å². The molecule has 0 radical (unpaired) electrons. The fraction of sp³-hybridized carbons (Fsp3) is 0.429. The molecule has 0 spiro atoms. The van der Waals surface area contributed by atoms with Crippen molar-refractivity contribution >= 4 is 23.6 Å². The highest BCUT2D eigenvalue weighted by Gasteiger charge is 2.48. The van der Waals surface area contributed by atoms with Crippen molar-refractivity contribution < 1.29 is 14.7 Å². The third kappa shape index (κ3) is 2.09. The van der Waals surface area contributed by atoms with E-state index in [-0.39, 0.29) is 18.4 Å². The first kappa shape index (κ1) is 13.5. The monoisotopic (exact) mass is 292 g/mol. The van der Waals surface area contributed by atoms with E-state index in [0.29, 0.717) is 23.4 Å². The van der Waals surface area contributed by atoms with Crippen molar-refractivity contribution in [2.75, 3.05) is 24.6 Å². The molecule has 1 aromatic carbocycles. The van der Waals surface area contributed by atoms with E-state index >= 15 is 0 Å². The lowest BCUT2D eigenvalue weighted by molar-refractivity contribution is -0.128. The zero-order chi connectivity index (χ0) is 14.2. The summed E-state index contributed by atoms with van der Waals surface area (Å²) in [5, 5.41) is 13.7. The Labute approximate surface area is 121 Å². The number of hydrogen-bond donors (Lipinski definition) is 2. The first-order valence-electron chi connectivity index (χ1n) is 6.61. The summed E-state index contributed by atoms with van der Waals surface area (Å²) in [5.41, 5.74) is -0.291. The molecule has 0 aliphatic carbocycles. The van der Waals surface area contributed by atoms with Crippen LogP contribution in [0, 0.1) is 0 Å². The summed E-state index contributed by atoms with van der Waals surface area (Å²) in [5.74, 6) is 0.728. The van der Waals surface area contributed by atoms with Crippen molar-refractivity contribution in [2.45, 2.75) is 12.1 Å². The molecule has 0 aromatic heterocycles. The minimum absolute atomic E-state index is 0.107. The Balaban J connectivity index is 2.02. The maximum atomic E-state index is 12.4. The predicted molar refractivity (Wildman–Crippen MR) is 76.3 cm³/mol. The van der Waals surface area contributed by atoms with Crippen LogP contribution in [0.25, 0.3) is 0 Å². The van der Waals surface area contributed by atoms with Crippen molar-refractivity contribution in [3.63, 3.8) is 0 Å². The molecule has 106 valence electrons. The fourth-order valence-corrected chi connectivity index (χ4v) is 3.74. The fourth-order valence-electron chi connectivity index (χ4n) is 2.65. The van der Waals surface area contributed by atoms with Crippen LogP contribution in [-0.4, -0.2) is 46.4 Å². The van der Waals surface area contributed by atoms with Crippen LogP contribution in [0.3, 0.4) is 0 Å². The van der Waals surface area contributed by atoms with E-state index in [1.165, 1.54) is 4.90 Å². The second-order valence-corrected chi connectivity index (χ2v) is 6.11. The van der Waals surface area contributed by atoms with Gasteiger partial charge in [-0.2, -0.15) is 11.8 Å². The molecule has 5 nitrogen and oxygen atoms in total. The van der Waals surface area contributed by atoms with Gasteiger partial charge in [-0.3, -0.25) is 14.5 Å². The van der Waals surface area contributed by atoms with Gasteiger partial charge in [0.15, 0.2) is 5.72 Å². The number of hydrogen-bond acceptors (Lipinski definition) is 4. The average Bonchev–Trinajstić information content (AvgIpc) is 2.66. The lowest BCUT2D eigenvalue weighted by atomic mass is 10.0. The average molecular weight is 292 g/mol. The summed E-state index contributed by atoms with van der Waals surface area (Å²) in [4.78, 5) is 25.6. The molecule has 0 bridgehead atoms. The van der Waals surface area contributed by atoms with E-state index in [0.717, 1.165) is 12.2 Å². The summed E-state index contributed by atoms with van der Waals surface area (Å²) < 4.78 is 0. The third-order valence-corrected chi connectivity index (χ3v) is 4.86. The molecule has 1 saturated heterocycles. The molecule has 2 aliphatic rings. The largest absolute Gasteiger partial charge is 0.366 e. The zero-order valence-corrected chi connectivity index (χ0v) is 11.8. The normalized spacial score (nSPS) is 26.8. The summed E-state index contributed by atoms with van der Waals surface area (Å²) >= 11 is 1.60. The Hall–Kier alpha value is -1.53. The summed E-state index contributed by atoms with van der Waals surface area (Å²) in [7, 11) is 0. The van der Waals surface area contributed by atoms with Gasteiger partial charge in [-0.05, 0) is 18.2 Å². The molecule has 3 rings (SSSR count). The maximum absolute atomic E-state index is 12.4. The molecule has 2 amide bonds. The van der Waals surface area contributed by atoms with Crippen LogP contribution in [0.1, 0.15) is 22.3 Å². The molecule has 1 atom stereocenters. The van der Waals surface area contributed by atoms with Gasteiger partial charge < -0.3 is 10.4 Å². The van der Waals surface area contributed by atoms with Crippen molar-refractivity contribution in [3.05, 3.63) is 35.4 Å². The second kappa shape index (κ2) is 5.10. The minimum atomic E-state index is -1.38. The van der Waals surface area contributed by atoms with Gasteiger partial charge in [0.05, 0.1) is 0 Å². The van der Waals surface area contributed by atoms with E-state index in [1.807, 2.05) is 0 Å². The molecule has 1 unspecified atom stereocenters. The van der Waals surface area contributed by atoms with Crippen LogP contribution < -0.4 is 5.32 Å². The maximum Gasteiger partial charge on any atom is 0.257 e. The van der Waals surface area contributed by atoms with Crippen molar-refractivity contribution in [1.82, 2.24) is 10.2 Å². The topological polar surface area (TPSA) is 69.6 Å². The van der Waals surface area contributed by atoms with Crippen LogP contribution >= 0.6 is 11.8 Å². The molecular formula is C14H16N2O3S. The van der Waals surface area contributed by atoms with Gasteiger partial charge in [-0.25, -0.2) is 0 Å². The molecule has 2 N–H and O–H groups in total. The minimum Gasteiger partial charge on any atom is -0.366 e. The first-order chi connectivity index (χ1) is 9.63. The van der Waals surface area contributed by atoms with E-state index in [9.17, 15) is 14.7 Å². The molecule has 2 aliphatic heterocycles. The van der Waals surface area contributed by atoms with Crippen molar-refractivity contribution in [1.29, 1.82) is 0 Å². The molecule has 1 fully saturated rings. The van der Waals surface area contributed by atoms with Gasteiger partial charge in [-0.15, -0.1) is 0 Å². The molecule has 0 saturated carbocycles. The highest BCUT2D eigenvalue weighted by Crippen LogP contribution is 2.39. The Kier molecular flexibility index (Phi) is 3.43. The highest BCUT2D eigenvalue weighted by molar-refractivity contribution is 7.99. The number of carbonyl (C=O) groups excluding carboxylic acids is 2. The number of thioether (sulfide) groups is 1. The molecular weight excluding hydrogens is 276 g/mol.